The summed E-state index contributed by atoms with van der Waals surface area (Å²) in [7, 11) is 0. The van der Waals surface area contributed by atoms with Crippen molar-refractivity contribution in [2.75, 3.05) is 0 Å². The molecule has 0 atom stereocenters. The monoisotopic (exact) mass is 395 g/mol. The van der Waals surface area contributed by atoms with E-state index >= 15 is 0 Å². The second-order valence-electron chi connectivity index (χ2n) is 5.50. The van der Waals surface area contributed by atoms with E-state index in [1.165, 1.54) is 6.07 Å². The Bertz CT molecular complexity index is 1050. The third-order valence-corrected chi connectivity index (χ3v) is 4.64. The predicted molar refractivity (Wildman–Crippen MR) is 94.6 cm³/mol. The van der Waals surface area contributed by atoms with E-state index in [4.69, 9.17) is 27.7 Å². The molecule has 2 aromatic heterocycles. The first-order valence-corrected chi connectivity index (χ1v) is 7.96. The summed E-state index contributed by atoms with van der Waals surface area (Å²) in [6.07, 6.45) is 0. The lowest BCUT2D eigenvalue weighted by atomic mass is 10.1. The van der Waals surface area contributed by atoms with Crippen LogP contribution in [0.1, 0.15) is 11.3 Å². The quantitative estimate of drug-likeness (QED) is 0.286. The van der Waals surface area contributed by atoms with Crippen molar-refractivity contribution in [3.63, 3.8) is 0 Å². The number of halogens is 2. The van der Waals surface area contributed by atoms with Crippen LogP contribution in [0.3, 0.4) is 0 Å². The van der Waals surface area contributed by atoms with E-state index in [2.05, 4.69) is 10.1 Å². The van der Waals surface area contributed by atoms with E-state index in [1.807, 2.05) is 0 Å². The van der Waals surface area contributed by atoms with E-state index in [1.54, 1.807) is 13.8 Å². The van der Waals surface area contributed by atoms with Crippen LogP contribution in [-0.2, 0) is 0 Å². The summed E-state index contributed by atoms with van der Waals surface area (Å²) in [5.74, 6) is -1.21. The lowest BCUT2D eigenvalue weighted by molar-refractivity contribution is -0.385. The third kappa shape index (κ3) is 2.93. The lowest BCUT2D eigenvalue weighted by Crippen LogP contribution is -1.93. The van der Waals surface area contributed by atoms with E-state index in [0.29, 0.717) is 21.8 Å². The highest BCUT2D eigenvalue weighted by atomic mass is 35.5. The number of nitro groups is 1. The van der Waals surface area contributed by atoms with Crippen LogP contribution in [0.5, 0.6) is 11.5 Å². The van der Waals surface area contributed by atoms with Crippen molar-refractivity contribution < 1.29 is 19.7 Å². The molecule has 3 aromatic rings. The van der Waals surface area contributed by atoms with Crippen LogP contribution in [0, 0.1) is 24.0 Å². The minimum Gasteiger partial charge on any atom is -0.504 e. The van der Waals surface area contributed by atoms with Crippen molar-refractivity contribution in [2.24, 2.45) is 0 Å². The zero-order valence-electron chi connectivity index (χ0n) is 13.4. The number of aryl methyl sites for hydroxylation is 1. The Labute approximate surface area is 156 Å². The zero-order valence-corrected chi connectivity index (χ0v) is 15.0. The number of nitrogens with zero attached hydrogens (tertiary/aromatic N) is 3. The van der Waals surface area contributed by atoms with Crippen LogP contribution in [0.2, 0.25) is 10.2 Å². The molecule has 2 N–H and O–H groups in total. The first kappa shape index (κ1) is 18.0. The molecule has 26 heavy (non-hydrogen) atoms. The molecule has 0 aliphatic rings. The molecular weight excluding hydrogens is 385 g/mol. The first-order chi connectivity index (χ1) is 12.2. The molecule has 0 spiro atoms. The molecule has 3 rings (SSSR count). The molecule has 1 aromatic carbocycles. The molecule has 0 saturated carbocycles. The van der Waals surface area contributed by atoms with Crippen molar-refractivity contribution in [1.29, 1.82) is 0 Å². The fourth-order valence-corrected chi connectivity index (χ4v) is 2.99. The van der Waals surface area contributed by atoms with Gasteiger partial charge in [-0.15, -0.1) is 0 Å². The van der Waals surface area contributed by atoms with Gasteiger partial charge in [-0.25, -0.2) is 4.98 Å². The Morgan fingerprint density at radius 2 is 1.88 bits per heavy atom. The topological polar surface area (TPSA) is 123 Å². The minimum absolute atomic E-state index is 0.173. The van der Waals surface area contributed by atoms with Gasteiger partial charge in [0.05, 0.1) is 21.2 Å². The lowest BCUT2D eigenvalue weighted by Gasteiger charge is -2.08. The van der Waals surface area contributed by atoms with Crippen molar-refractivity contribution in [1.82, 2.24) is 10.1 Å². The Hall–Kier alpha value is -2.84. The van der Waals surface area contributed by atoms with Crippen molar-refractivity contribution in [3.05, 3.63) is 49.7 Å². The van der Waals surface area contributed by atoms with Crippen LogP contribution in [0.15, 0.2) is 22.7 Å². The van der Waals surface area contributed by atoms with Crippen LogP contribution in [0.4, 0.5) is 5.69 Å². The number of phenols is 2. The SMILES string of the molecule is Cc1nc(Cl)c(-c2cc(-c3cc(O)c(O)c([N+](=O)[O-])c3)no2)c(C)c1Cl. The van der Waals surface area contributed by atoms with Crippen LogP contribution in [-0.4, -0.2) is 25.3 Å². The van der Waals surface area contributed by atoms with Gasteiger partial charge in [-0.3, -0.25) is 10.1 Å². The van der Waals surface area contributed by atoms with E-state index < -0.39 is 22.1 Å². The number of hydrogen-bond donors (Lipinski definition) is 2. The third-order valence-electron chi connectivity index (χ3n) is 3.81. The normalized spacial score (nSPS) is 10.9. The second-order valence-corrected chi connectivity index (χ2v) is 6.23. The molecule has 0 amide bonds. The summed E-state index contributed by atoms with van der Waals surface area (Å²) in [6, 6.07) is 3.70. The highest BCUT2D eigenvalue weighted by Crippen LogP contribution is 2.41. The van der Waals surface area contributed by atoms with Gasteiger partial charge < -0.3 is 14.7 Å². The summed E-state index contributed by atoms with van der Waals surface area (Å²) in [6.45, 7) is 3.47. The molecule has 0 fully saturated rings. The highest BCUT2D eigenvalue weighted by molar-refractivity contribution is 6.35. The van der Waals surface area contributed by atoms with Gasteiger partial charge >= 0.3 is 5.69 Å². The maximum Gasteiger partial charge on any atom is 0.315 e. The van der Waals surface area contributed by atoms with Crippen molar-refractivity contribution in [2.45, 2.75) is 13.8 Å². The van der Waals surface area contributed by atoms with Gasteiger partial charge in [0.15, 0.2) is 11.5 Å². The van der Waals surface area contributed by atoms with E-state index in [0.717, 1.165) is 12.1 Å². The number of pyridine rings is 1. The number of aromatic hydroxyl groups is 2. The van der Waals surface area contributed by atoms with E-state index in [9.17, 15) is 20.3 Å². The Balaban J connectivity index is 2.13. The Kier molecular flexibility index (Phi) is 4.47. The highest BCUT2D eigenvalue weighted by Gasteiger charge is 2.23. The molecule has 0 bridgehead atoms. The maximum absolute atomic E-state index is 11.0. The molecule has 10 heteroatoms. The fraction of sp³-hybridized carbons (Fsp3) is 0.125. The van der Waals surface area contributed by atoms with Crippen molar-refractivity contribution in [3.8, 4) is 34.1 Å². The van der Waals surface area contributed by atoms with Gasteiger partial charge in [-0.05, 0) is 25.5 Å². The van der Waals surface area contributed by atoms with Crippen LogP contribution in [0.25, 0.3) is 22.6 Å². The molecule has 2 heterocycles. The summed E-state index contributed by atoms with van der Waals surface area (Å²) in [5, 5.41) is 34.7. The molecule has 0 saturated heterocycles. The van der Waals surface area contributed by atoms with Gasteiger partial charge in [-0.2, -0.15) is 0 Å². The summed E-state index contributed by atoms with van der Waals surface area (Å²) >= 11 is 12.4. The summed E-state index contributed by atoms with van der Waals surface area (Å²) in [4.78, 5) is 14.3. The minimum atomic E-state index is -0.823. The van der Waals surface area contributed by atoms with Gasteiger partial charge in [-0.1, -0.05) is 28.4 Å². The number of nitro benzene ring substituents is 1. The van der Waals surface area contributed by atoms with Gasteiger partial charge in [0.2, 0.25) is 5.75 Å². The molecule has 0 radical (unpaired) electrons. The number of hydrogen-bond acceptors (Lipinski definition) is 7. The molecule has 134 valence electrons. The average Bonchev–Trinajstić information content (AvgIpc) is 3.04. The smallest absolute Gasteiger partial charge is 0.315 e. The molecule has 0 aliphatic heterocycles. The van der Waals surface area contributed by atoms with Crippen molar-refractivity contribution >= 4 is 28.9 Å². The molecule has 0 unspecified atom stereocenters. The maximum atomic E-state index is 11.0. The standard InChI is InChI=1S/C16H11Cl2N3O5/c1-6-13(16(18)19-7(2)14(6)17)12-5-9(20-26-12)8-3-10(21(24)25)15(23)11(22)4-8/h3-5,22-23H,1-2H3. The Morgan fingerprint density at radius 3 is 2.54 bits per heavy atom. The fourth-order valence-electron chi connectivity index (χ4n) is 2.49. The van der Waals surface area contributed by atoms with Crippen LogP contribution < -0.4 is 0 Å². The first-order valence-electron chi connectivity index (χ1n) is 7.20. The average molecular weight is 396 g/mol. The molecule has 8 nitrogen and oxygen atoms in total. The van der Waals surface area contributed by atoms with Gasteiger partial charge in [0.1, 0.15) is 10.8 Å². The van der Waals surface area contributed by atoms with E-state index in [-0.39, 0.29) is 22.2 Å². The predicted octanol–water partition coefficient (Wildman–Crippen LogP) is 4.65. The summed E-state index contributed by atoms with van der Waals surface area (Å²) in [5.41, 5.74) is 1.38. The number of rotatable bonds is 3. The number of phenolic OH excluding ortho intramolecular Hbond substituents is 2. The number of benzene rings is 1. The summed E-state index contributed by atoms with van der Waals surface area (Å²) < 4.78 is 5.29. The number of aromatic nitrogens is 2. The van der Waals surface area contributed by atoms with Gasteiger partial charge in [0, 0.05) is 17.7 Å². The van der Waals surface area contributed by atoms with Crippen LogP contribution >= 0.6 is 23.2 Å². The van der Waals surface area contributed by atoms with Gasteiger partial charge in [0.25, 0.3) is 0 Å². The molecular formula is C16H11Cl2N3O5. The second kappa shape index (κ2) is 6.47. The largest absolute Gasteiger partial charge is 0.504 e. The molecule has 0 aliphatic carbocycles. The Morgan fingerprint density at radius 1 is 1.19 bits per heavy atom. The zero-order chi connectivity index (χ0) is 19.2.